The summed E-state index contributed by atoms with van der Waals surface area (Å²) in [5, 5.41) is 9.69. The summed E-state index contributed by atoms with van der Waals surface area (Å²) in [7, 11) is 0. The van der Waals surface area contributed by atoms with Crippen LogP contribution in [0.2, 0.25) is 5.02 Å². The van der Waals surface area contributed by atoms with Crippen molar-refractivity contribution in [2.24, 2.45) is 0 Å². The number of carboxylic acid groups (broad SMARTS) is 1. The first-order chi connectivity index (χ1) is 9.09. The van der Waals surface area contributed by atoms with Gasteiger partial charge in [0.2, 0.25) is 5.91 Å². The maximum atomic E-state index is 12.1. The normalized spacial score (nSPS) is 18.6. The van der Waals surface area contributed by atoms with Crippen molar-refractivity contribution in [1.82, 2.24) is 4.90 Å². The van der Waals surface area contributed by atoms with Gasteiger partial charge in [-0.05, 0) is 30.9 Å². The van der Waals surface area contributed by atoms with Gasteiger partial charge in [0, 0.05) is 18.0 Å². The first-order valence-corrected chi connectivity index (χ1v) is 6.73. The molecule has 102 valence electrons. The topological polar surface area (TPSA) is 57.6 Å². The summed E-state index contributed by atoms with van der Waals surface area (Å²) in [5.74, 6) is -1.02. The molecule has 1 aliphatic rings. The Hall–Kier alpha value is -1.55. The molecule has 4 nitrogen and oxygen atoms in total. The van der Waals surface area contributed by atoms with Crippen molar-refractivity contribution in [3.63, 3.8) is 0 Å². The largest absolute Gasteiger partial charge is 0.480 e. The number of carbonyl (C=O) groups is 2. The van der Waals surface area contributed by atoms with Crippen LogP contribution in [0.1, 0.15) is 24.8 Å². The van der Waals surface area contributed by atoms with Crippen LogP contribution in [0, 0.1) is 0 Å². The molecule has 1 amide bonds. The van der Waals surface area contributed by atoms with Crippen molar-refractivity contribution in [3.8, 4) is 0 Å². The van der Waals surface area contributed by atoms with Crippen molar-refractivity contribution in [2.45, 2.75) is 31.7 Å². The van der Waals surface area contributed by atoms with Gasteiger partial charge in [0.25, 0.3) is 0 Å². The standard InChI is InChI=1S/C14H16ClNO3/c15-11-5-2-1-4-10(11)7-8-13(17)16-9-3-6-12(16)14(18)19/h1-2,4-5,12H,3,6-9H2,(H,18,19)/t12-/m0/s1. The second kappa shape index (κ2) is 6.06. The molecule has 1 aliphatic heterocycles. The molecule has 2 rings (SSSR count). The van der Waals surface area contributed by atoms with E-state index in [0.717, 1.165) is 12.0 Å². The van der Waals surface area contributed by atoms with Crippen molar-refractivity contribution < 1.29 is 14.7 Å². The van der Waals surface area contributed by atoms with E-state index in [2.05, 4.69) is 0 Å². The highest BCUT2D eigenvalue weighted by molar-refractivity contribution is 6.31. The zero-order valence-corrected chi connectivity index (χ0v) is 11.3. The number of hydrogen-bond acceptors (Lipinski definition) is 2. The fourth-order valence-corrected chi connectivity index (χ4v) is 2.64. The van der Waals surface area contributed by atoms with Crippen LogP contribution in [0.4, 0.5) is 0 Å². The molecule has 0 saturated carbocycles. The third-order valence-electron chi connectivity index (χ3n) is 3.42. The Morgan fingerprint density at radius 2 is 2.11 bits per heavy atom. The second-order valence-electron chi connectivity index (χ2n) is 4.67. The van der Waals surface area contributed by atoms with Gasteiger partial charge in [0.15, 0.2) is 0 Å². The number of likely N-dealkylation sites (tertiary alicyclic amines) is 1. The Bertz CT molecular complexity index is 489. The molecule has 1 aromatic carbocycles. The van der Waals surface area contributed by atoms with Crippen LogP contribution in [0.5, 0.6) is 0 Å². The molecule has 1 atom stereocenters. The number of halogens is 1. The van der Waals surface area contributed by atoms with Gasteiger partial charge in [-0.25, -0.2) is 4.79 Å². The van der Waals surface area contributed by atoms with Crippen LogP contribution in [0.3, 0.4) is 0 Å². The molecule has 1 N–H and O–H groups in total. The second-order valence-corrected chi connectivity index (χ2v) is 5.08. The van der Waals surface area contributed by atoms with Gasteiger partial charge in [-0.15, -0.1) is 0 Å². The first-order valence-electron chi connectivity index (χ1n) is 6.35. The lowest BCUT2D eigenvalue weighted by molar-refractivity contribution is -0.148. The molecule has 0 aliphatic carbocycles. The molecule has 0 bridgehead atoms. The van der Waals surface area contributed by atoms with E-state index in [-0.39, 0.29) is 5.91 Å². The highest BCUT2D eigenvalue weighted by atomic mass is 35.5. The maximum absolute atomic E-state index is 12.1. The number of carbonyl (C=O) groups excluding carboxylic acids is 1. The fraction of sp³-hybridized carbons (Fsp3) is 0.429. The van der Waals surface area contributed by atoms with Crippen molar-refractivity contribution in [1.29, 1.82) is 0 Å². The summed E-state index contributed by atoms with van der Waals surface area (Å²) in [4.78, 5) is 24.6. The smallest absolute Gasteiger partial charge is 0.326 e. The van der Waals surface area contributed by atoms with E-state index >= 15 is 0 Å². The predicted octanol–water partition coefficient (Wildman–Crippen LogP) is 2.35. The molecule has 1 heterocycles. The Morgan fingerprint density at radius 3 is 2.79 bits per heavy atom. The highest BCUT2D eigenvalue weighted by Crippen LogP contribution is 2.21. The van der Waals surface area contributed by atoms with E-state index < -0.39 is 12.0 Å². The summed E-state index contributed by atoms with van der Waals surface area (Å²) in [5.41, 5.74) is 0.920. The molecule has 5 heteroatoms. The van der Waals surface area contributed by atoms with E-state index in [1.165, 1.54) is 4.90 Å². The number of benzene rings is 1. The van der Waals surface area contributed by atoms with Crippen LogP contribution in [-0.4, -0.2) is 34.5 Å². The van der Waals surface area contributed by atoms with E-state index in [1.807, 2.05) is 18.2 Å². The van der Waals surface area contributed by atoms with Crippen molar-refractivity contribution in [2.75, 3.05) is 6.54 Å². The van der Waals surface area contributed by atoms with Crippen LogP contribution in [0.25, 0.3) is 0 Å². The van der Waals surface area contributed by atoms with Gasteiger partial charge >= 0.3 is 5.97 Å². The summed E-state index contributed by atoms with van der Waals surface area (Å²) in [6, 6.07) is 6.74. The quantitative estimate of drug-likeness (QED) is 0.922. The van der Waals surface area contributed by atoms with E-state index in [9.17, 15) is 9.59 Å². The lowest BCUT2D eigenvalue weighted by Crippen LogP contribution is -2.40. The number of aryl methyl sites for hydroxylation is 1. The third-order valence-corrected chi connectivity index (χ3v) is 3.79. The molecule has 0 radical (unpaired) electrons. The SMILES string of the molecule is O=C(O)[C@@H]1CCCN1C(=O)CCc1ccccc1Cl. The molecule has 0 spiro atoms. The minimum absolute atomic E-state index is 0.107. The summed E-state index contributed by atoms with van der Waals surface area (Å²) >= 11 is 6.03. The van der Waals surface area contributed by atoms with Gasteiger partial charge in [-0.3, -0.25) is 4.79 Å². The van der Waals surface area contributed by atoms with Gasteiger partial charge < -0.3 is 10.0 Å². The molecule has 1 fully saturated rings. The number of amides is 1. The Morgan fingerprint density at radius 1 is 1.37 bits per heavy atom. The van der Waals surface area contributed by atoms with Crippen LogP contribution in [0.15, 0.2) is 24.3 Å². The predicted molar refractivity (Wildman–Crippen MR) is 72.1 cm³/mol. The number of carboxylic acids is 1. The van der Waals surface area contributed by atoms with Gasteiger partial charge in [-0.2, -0.15) is 0 Å². The maximum Gasteiger partial charge on any atom is 0.326 e. The number of hydrogen-bond donors (Lipinski definition) is 1. The monoisotopic (exact) mass is 281 g/mol. The van der Waals surface area contributed by atoms with Crippen LogP contribution >= 0.6 is 11.6 Å². The zero-order chi connectivity index (χ0) is 13.8. The Labute approximate surface area is 117 Å². The molecule has 0 unspecified atom stereocenters. The van der Waals surface area contributed by atoms with E-state index in [1.54, 1.807) is 6.07 Å². The average Bonchev–Trinajstić information content (AvgIpc) is 2.87. The highest BCUT2D eigenvalue weighted by Gasteiger charge is 2.33. The van der Waals surface area contributed by atoms with E-state index in [0.29, 0.717) is 30.8 Å². The average molecular weight is 282 g/mol. The molecule has 19 heavy (non-hydrogen) atoms. The molecule has 1 aromatic rings. The van der Waals surface area contributed by atoms with Crippen molar-refractivity contribution in [3.05, 3.63) is 34.9 Å². The summed E-state index contributed by atoms with van der Waals surface area (Å²) in [6.45, 7) is 0.540. The minimum atomic E-state index is -0.913. The number of rotatable bonds is 4. The van der Waals surface area contributed by atoms with Crippen LogP contribution < -0.4 is 0 Å². The van der Waals surface area contributed by atoms with Gasteiger partial charge in [0.05, 0.1) is 0 Å². The lowest BCUT2D eigenvalue weighted by atomic mass is 10.1. The van der Waals surface area contributed by atoms with Gasteiger partial charge in [-0.1, -0.05) is 29.8 Å². The Balaban J connectivity index is 1.95. The van der Waals surface area contributed by atoms with Crippen molar-refractivity contribution >= 4 is 23.5 Å². The Kier molecular flexibility index (Phi) is 4.43. The molecular weight excluding hydrogens is 266 g/mol. The molecular formula is C14H16ClNO3. The zero-order valence-electron chi connectivity index (χ0n) is 10.5. The number of nitrogens with zero attached hydrogens (tertiary/aromatic N) is 1. The first kappa shape index (κ1) is 13.9. The lowest BCUT2D eigenvalue weighted by Gasteiger charge is -2.21. The minimum Gasteiger partial charge on any atom is -0.480 e. The van der Waals surface area contributed by atoms with E-state index in [4.69, 9.17) is 16.7 Å². The third kappa shape index (κ3) is 3.26. The number of aliphatic carboxylic acids is 1. The summed E-state index contributed by atoms with van der Waals surface area (Å²) in [6.07, 6.45) is 2.15. The van der Waals surface area contributed by atoms with Gasteiger partial charge in [0.1, 0.15) is 6.04 Å². The van der Waals surface area contributed by atoms with Crippen LogP contribution in [-0.2, 0) is 16.0 Å². The fourth-order valence-electron chi connectivity index (χ4n) is 2.41. The molecule has 1 saturated heterocycles. The summed E-state index contributed by atoms with van der Waals surface area (Å²) < 4.78 is 0. The molecule has 0 aromatic heterocycles.